The van der Waals surface area contributed by atoms with Gasteiger partial charge in [-0.3, -0.25) is 4.90 Å². The summed E-state index contributed by atoms with van der Waals surface area (Å²) in [5.41, 5.74) is 3.98. The van der Waals surface area contributed by atoms with Gasteiger partial charge in [0.1, 0.15) is 0 Å². The Kier molecular flexibility index (Phi) is 4.29. The minimum atomic E-state index is -1.70. The molecule has 0 radical (unpaired) electrons. The molecule has 3 unspecified atom stereocenters. The highest BCUT2D eigenvalue weighted by molar-refractivity contribution is 5.76. The van der Waals surface area contributed by atoms with Gasteiger partial charge < -0.3 is 15.9 Å². The Hall–Kier alpha value is -0.650. The zero-order chi connectivity index (χ0) is 12.3. The van der Waals surface area contributed by atoms with Crippen molar-refractivity contribution in [2.45, 2.75) is 50.8 Å². The number of β-amino-alcohol motifs (C(OH)–C–C–N with tert-alkyl or cyclic N) is 1. The minimum absolute atomic E-state index is 0.144. The molecular formula is C11H22N2O3. The first-order valence-electron chi connectivity index (χ1n) is 5.80. The SMILES string of the molecule is CC1CCCC(CN)N1CC(C)(O)C(=O)O. The van der Waals surface area contributed by atoms with E-state index in [0.29, 0.717) is 6.54 Å². The van der Waals surface area contributed by atoms with E-state index < -0.39 is 11.6 Å². The highest BCUT2D eigenvalue weighted by Gasteiger charge is 2.37. The zero-order valence-electron chi connectivity index (χ0n) is 10.0. The van der Waals surface area contributed by atoms with Crippen LogP contribution < -0.4 is 5.73 Å². The molecule has 0 aliphatic carbocycles. The number of piperidine rings is 1. The molecule has 1 rings (SSSR count). The van der Waals surface area contributed by atoms with Crippen LogP contribution in [0, 0.1) is 0 Å². The molecule has 1 heterocycles. The molecule has 1 fully saturated rings. The number of hydrogen-bond acceptors (Lipinski definition) is 4. The fraction of sp³-hybridized carbons (Fsp3) is 0.909. The van der Waals surface area contributed by atoms with Crippen LogP contribution in [-0.4, -0.2) is 51.9 Å². The number of likely N-dealkylation sites (tertiary alicyclic amines) is 1. The smallest absolute Gasteiger partial charge is 0.336 e. The molecule has 0 bridgehead atoms. The summed E-state index contributed by atoms with van der Waals surface area (Å²) >= 11 is 0. The third-order valence-corrected chi connectivity index (χ3v) is 3.42. The fourth-order valence-electron chi connectivity index (χ4n) is 2.30. The molecule has 5 nitrogen and oxygen atoms in total. The van der Waals surface area contributed by atoms with Crippen LogP contribution in [0.3, 0.4) is 0 Å². The molecule has 0 aromatic carbocycles. The highest BCUT2D eigenvalue weighted by Crippen LogP contribution is 2.24. The van der Waals surface area contributed by atoms with Gasteiger partial charge in [-0.15, -0.1) is 0 Å². The Labute approximate surface area is 96.2 Å². The first kappa shape index (κ1) is 13.4. The summed E-state index contributed by atoms with van der Waals surface area (Å²) in [6.45, 7) is 4.05. The van der Waals surface area contributed by atoms with Crippen molar-refractivity contribution in [3.8, 4) is 0 Å². The maximum absolute atomic E-state index is 10.9. The van der Waals surface area contributed by atoms with Crippen LogP contribution in [0.5, 0.6) is 0 Å². The van der Waals surface area contributed by atoms with Gasteiger partial charge in [-0.2, -0.15) is 0 Å². The van der Waals surface area contributed by atoms with Gasteiger partial charge in [-0.05, 0) is 26.7 Å². The predicted octanol–water partition coefficient (Wildman–Crippen LogP) is 0.0237. The van der Waals surface area contributed by atoms with Crippen molar-refractivity contribution in [2.24, 2.45) is 5.73 Å². The predicted molar refractivity (Wildman–Crippen MR) is 61.1 cm³/mol. The monoisotopic (exact) mass is 230 g/mol. The Morgan fingerprint density at radius 3 is 2.69 bits per heavy atom. The molecule has 16 heavy (non-hydrogen) atoms. The number of carbonyl (C=O) groups is 1. The number of carboxylic acid groups (broad SMARTS) is 1. The summed E-state index contributed by atoms with van der Waals surface area (Å²) in [7, 11) is 0. The number of rotatable bonds is 4. The van der Waals surface area contributed by atoms with Crippen molar-refractivity contribution in [1.82, 2.24) is 4.90 Å². The van der Waals surface area contributed by atoms with E-state index in [0.717, 1.165) is 19.3 Å². The van der Waals surface area contributed by atoms with E-state index in [2.05, 4.69) is 6.92 Å². The maximum Gasteiger partial charge on any atom is 0.336 e. The number of nitrogens with zero attached hydrogens (tertiary/aromatic N) is 1. The van der Waals surface area contributed by atoms with Crippen molar-refractivity contribution in [2.75, 3.05) is 13.1 Å². The summed E-state index contributed by atoms with van der Waals surface area (Å²) in [5, 5.41) is 18.7. The van der Waals surface area contributed by atoms with Crippen molar-refractivity contribution < 1.29 is 15.0 Å². The van der Waals surface area contributed by atoms with Gasteiger partial charge in [0.2, 0.25) is 0 Å². The lowest BCUT2D eigenvalue weighted by atomic mass is 9.94. The van der Waals surface area contributed by atoms with E-state index in [1.807, 2.05) is 4.90 Å². The van der Waals surface area contributed by atoms with Gasteiger partial charge in [0.05, 0.1) is 0 Å². The summed E-state index contributed by atoms with van der Waals surface area (Å²) < 4.78 is 0. The van der Waals surface area contributed by atoms with E-state index in [9.17, 15) is 9.90 Å². The molecule has 1 saturated heterocycles. The highest BCUT2D eigenvalue weighted by atomic mass is 16.4. The Balaban J connectivity index is 2.71. The third-order valence-electron chi connectivity index (χ3n) is 3.42. The lowest BCUT2D eigenvalue weighted by molar-refractivity contribution is -0.160. The summed E-state index contributed by atoms with van der Waals surface area (Å²) in [6.07, 6.45) is 3.14. The number of hydrogen-bond donors (Lipinski definition) is 3. The molecule has 0 saturated carbocycles. The Morgan fingerprint density at radius 2 is 2.19 bits per heavy atom. The van der Waals surface area contributed by atoms with E-state index in [-0.39, 0.29) is 18.6 Å². The molecule has 0 amide bonds. The van der Waals surface area contributed by atoms with Crippen LogP contribution in [0.4, 0.5) is 0 Å². The second-order valence-electron chi connectivity index (χ2n) is 4.92. The molecule has 94 valence electrons. The molecule has 0 aromatic heterocycles. The standard InChI is InChI=1S/C11H22N2O3/c1-8-4-3-5-9(6-12)13(8)7-11(2,16)10(14)15/h8-9,16H,3-7,12H2,1-2H3,(H,14,15). The molecule has 5 heteroatoms. The first-order chi connectivity index (χ1) is 7.38. The maximum atomic E-state index is 10.9. The molecule has 0 spiro atoms. The topological polar surface area (TPSA) is 86.8 Å². The number of aliphatic carboxylic acids is 1. The van der Waals surface area contributed by atoms with Gasteiger partial charge in [0.15, 0.2) is 5.60 Å². The quantitative estimate of drug-likeness (QED) is 0.634. The summed E-state index contributed by atoms with van der Waals surface area (Å²) in [5.74, 6) is -1.18. The minimum Gasteiger partial charge on any atom is -0.479 e. The van der Waals surface area contributed by atoms with Gasteiger partial charge in [0.25, 0.3) is 0 Å². The van der Waals surface area contributed by atoms with Crippen LogP contribution in [0.25, 0.3) is 0 Å². The van der Waals surface area contributed by atoms with Crippen LogP contribution in [0.1, 0.15) is 33.1 Å². The molecular weight excluding hydrogens is 208 g/mol. The van der Waals surface area contributed by atoms with Gasteiger partial charge in [0, 0.05) is 25.2 Å². The second-order valence-corrected chi connectivity index (χ2v) is 4.92. The van der Waals surface area contributed by atoms with Crippen molar-refractivity contribution in [3.63, 3.8) is 0 Å². The first-order valence-corrected chi connectivity index (χ1v) is 5.80. The number of aliphatic hydroxyl groups is 1. The zero-order valence-corrected chi connectivity index (χ0v) is 10.0. The van der Waals surface area contributed by atoms with Crippen LogP contribution in [-0.2, 0) is 4.79 Å². The normalized spacial score (nSPS) is 31.0. The molecule has 1 aliphatic rings. The number of nitrogens with two attached hydrogens (primary N) is 1. The average Bonchev–Trinajstić information content (AvgIpc) is 2.20. The lowest BCUT2D eigenvalue weighted by Crippen LogP contribution is -2.56. The van der Waals surface area contributed by atoms with Gasteiger partial charge >= 0.3 is 5.97 Å². The third kappa shape index (κ3) is 2.93. The Bertz CT molecular complexity index is 256. The fourth-order valence-corrected chi connectivity index (χ4v) is 2.30. The second kappa shape index (κ2) is 5.12. The van der Waals surface area contributed by atoms with Crippen LogP contribution >= 0.6 is 0 Å². The van der Waals surface area contributed by atoms with Crippen LogP contribution in [0.15, 0.2) is 0 Å². The van der Waals surface area contributed by atoms with Crippen LogP contribution in [0.2, 0.25) is 0 Å². The van der Waals surface area contributed by atoms with Crippen molar-refractivity contribution in [3.05, 3.63) is 0 Å². The van der Waals surface area contributed by atoms with Gasteiger partial charge in [-0.25, -0.2) is 4.79 Å². The Morgan fingerprint density at radius 1 is 1.56 bits per heavy atom. The average molecular weight is 230 g/mol. The van der Waals surface area contributed by atoms with Gasteiger partial charge in [-0.1, -0.05) is 6.42 Å². The van der Waals surface area contributed by atoms with Crippen molar-refractivity contribution >= 4 is 5.97 Å². The van der Waals surface area contributed by atoms with Crippen molar-refractivity contribution in [1.29, 1.82) is 0 Å². The molecule has 3 atom stereocenters. The largest absolute Gasteiger partial charge is 0.479 e. The molecule has 4 N–H and O–H groups in total. The van der Waals surface area contributed by atoms with E-state index in [1.54, 1.807) is 0 Å². The van der Waals surface area contributed by atoms with E-state index in [4.69, 9.17) is 10.8 Å². The summed E-state index contributed by atoms with van der Waals surface area (Å²) in [6, 6.07) is 0.475. The van der Waals surface area contributed by atoms with E-state index >= 15 is 0 Å². The molecule has 0 aromatic rings. The number of carboxylic acids is 1. The lowest BCUT2D eigenvalue weighted by Gasteiger charge is -2.42. The summed E-state index contributed by atoms with van der Waals surface area (Å²) in [4.78, 5) is 12.9. The van der Waals surface area contributed by atoms with E-state index in [1.165, 1.54) is 6.92 Å². The molecule has 1 aliphatic heterocycles.